The first-order valence-corrected chi connectivity index (χ1v) is 21.3. The first-order valence-electron chi connectivity index (χ1n) is 21.3. The second kappa shape index (κ2) is 25.5. The number of allylic oxidation sites excluding steroid dienone is 4. The molecule has 0 spiro atoms. The van der Waals surface area contributed by atoms with Crippen molar-refractivity contribution in [3.8, 4) is 23.0 Å². The van der Waals surface area contributed by atoms with E-state index in [1.807, 2.05) is 32.2 Å². The van der Waals surface area contributed by atoms with Crippen molar-refractivity contribution in [3.05, 3.63) is 64.3 Å². The van der Waals surface area contributed by atoms with E-state index in [0.717, 1.165) is 50.5 Å². The molecular formula is C49H75NO7. The minimum Gasteiger partial charge on any atom is -0.493 e. The second-order valence-electron chi connectivity index (χ2n) is 16.3. The number of hydrogen-bond acceptors (Lipinski definition) is 8. The van der Waals surface area contributed by atoms with Gasteiger partial charge < -0.3 is 24.1 Å². The van der Waals surface area contributed by atoms with Gasteiger partial charge >= 0.3 is 0 Å². The predicted molar refractivity (Wildman–Crippen MR) is 236 cm³/mol. The molecule has 0 aliphatic heterocycles. The average Bonchev–Trinajstić information content (AvgIpc) is 3.19. The molecule has 0 aromatic heterocycles. The van der Waals surface area contributed by atoms with Crippen molar-refractivity contribution in [2.75, 3.05) is 27.4 Å². The molecule has 2 rings (SSSR count). The van der Waals surface area contributed by atoms with E-state index < -0.39 is 6.10 Å². The van der Waals surface area contributed by atoms with Crippen LogP contribution in [-0.4, -0.2) is 56.4 Å². The quantitative estimate of drug-likeness (QED) is 0.0416. The monoisotopic (exact) mass is 790 g/mol. The Balaban J connectivity index is 2.00. The van der Waals surface area contributed by atoms with Gasteiger partial charge in [0.15, 0.2) is 34.6 Å². The number of carbonyl (C=O) groups excluding carboxylic acids is 2. The number of methoxy groups -OCH3 is 2. The maximum Gasteiger partial charge on any atom is 0.163 e. The lowest BCUT2D eigenvalue weighted by molar-refractivity contribution is 0.0333. The Kier molecular flexibility index (Phi) is 22.0. The SMILES string of the molecule is C/C=C(/C)CC(C=Nc1cc(OCCCCCOc2cc(C)c(C(=O)CCCC(C/C(C)=C\C)C(O)C(C)C(C)C)cc2OC)c(OC)cc1C(C)=O)C(C)CC. The molecular weight excluding hydrogens is 715 g/mol. The normalized spacial score (nSPS) is 15.0. The van der Waals surface area contributed by atoms with Crippen LogP contribution in [0.3, 0.4) is 0 Å². The van der Waals surface area contributed by atoms with Gasteiger partial charge in [-0.15, -0.1) is 0 Å². The summed E-state index contributed by atoms with van der Waals surface area (Å²) in [5.74, 6) is 3.64. The molecule has 8 nitrogen and oxygen atoms in total. The highest BCUT2D eigenvalue weighted by Crippen LogP contribution is 2.37. The van der Waals surface area contributed by atoms with Gasteiger partial charge in [0.25, 0.3) is 0 Å². The second-order valence-corrected chi connectivity index (χ2v) is 16.3. The average molecular weight is 790 g/mol. The molecule has 2 aromatic carbocycles. The van der Waals surface area contributed by atoms with Gasteiger partial charge in [0.2, 0.25) is 0 Å². The number of aryl methyl sites for hydroxylation is 1. The van der Waals surface area contributed by atoms with Crippen molar-refractivity contribution in [1.82, 2.24) is 0 Å². The van der Waals surface area contributed by atoms with Gasteiger partial charge in [0, 0.05) is 35.7 Å². The lowest BCUT2D eigenvalue weighted by atomic mass is 9.79. The van der Waals surface area contributed by atoms with Crippen molar-refractivity contribution in [3.63, 3.8) is 0 Å². The zero-order valence-corrected chi connectivity index (χ0v) is 37.6. The number of carbonyl (C=O) groups is 2. The summed E-state index contributed by atoms with van der Waals surface area (Å²) in [6.07, 6.45) is 13.0. The molecule has 0 aliphatic rings. The largest absolute Gasteiger partial charge is 0.493 e. The third-order valence-electron chi connectivity index (χ3n) is 11.7. The van der Waals surface area contributed by atoms with E-state index in [2.05, 4.69) is 67.5 Å². The Morgan fingerprint density at radius 3 is 1.86 bits per heavy atom. The highest BCUT2D eigenvalue weighted by Gasteiger charge is 2.27. The molecule has 57 heavy (non-hydrogen) atoms. The molecule has 0 bridgehead atoms. The summed E-state index contributed by atoms with van der Waals surface area (Å²) >= 11 is 0. The number of nitrogens with zero attached hydrogens (tertiary/aromatic N) is 1. The standard InChI is InChI=1S/C49H75NO7/c1-14-33(6)25-39(49(53)37(10)32(4)5)21-20-22-44(52)41-28-45(54-12)47(27-36(41)9)56-23-18-17-19-24-57-48-30-43(42(38(11)51)29-46(48)55-13)50-31-40(35(8)16-3)26-34(7)15-2/h14-15,27-32,35,37,39-40,49,53H,16-26H2,1-13H3/b33-14-,34-15-,50-31?. The van der Waals surface area contributed by atoms with E-state index in [1.54, 1.807) is 33.3 Å². The molecule has 0 aliphatic carbocycles. The minimum absolute atomic E-state index is 0.0755. The van der Waals surface area contributed by atoms with E-state index in [4.69, 9.17) is 23.9 Å². The van der Waals surface area contributed by atoms with E-state index in [-0.39, 0.29) is 29.3 Å². The molecule has 1 N–H and O–H groups in total. The molecule has 5 unspecified atom stereocenters. The highest BCUT2D eigenvalue weighted by atomic mass is 16.5. The van der Waals surface area contributed by atoms with Gasteiger partial charge in [0.05, 0.1) is 39.2 Å². The van der Waals surface area contributed by atoms with Gasteiger partial charge in [-0.25, -0.2) is 0 Å². The smallest absolute Gasteiger partial charge is 0.163 e. The molecule has 0 amide bonds. The Morgan fingerprint density at radius 2 is 1.33 bits per heavy atom. The molecule has 0 heterocycles. The summed E-state index contributed by atoms with van der Waals surface area (Å²) in [6, 6.07) is 7.24. The van der Waals surface area contributed by atoms with Gasteiger partial charge in [-0.1, -0.05) is 64.3 Å². The Bertz CT molecular complexity index is 1660. The molecule has 0 saturated heterocycles. The van der Waals surface area contributed by atoms with Crippen LogP contribution in [0.2, 0.25) is 0 Å². The molecule has 0 radical (unpaired) electrons. The maximum atomic E-state index is 13.4. The first kappa shape index (κ1) is 49.2. The third kappa shape index (κ3) is 15.8. The number of aliphatic imine (C=N–C) groups is 1. The summed E-state index contributed by atoms with van der Waals surface area (Å²) < 4.78 is 23.6. The number of aliphatic hydroxyl groups excluding tert-OH is 1. The van der Waals surface area contributed by atoms with Crippen LogP contribution in [0.25, 0.3) is 0 Å². The van der Waals surface area contributed by atoms with Crippen LogP contribution in [0.1, 0.15) is 153 Å². The highest BCUT2D eigenvalue weighted by molar-refractivity contribution is 6.00. The predicted octanol–water partition coefficient (Wildman–Crippen LogP) is 12.5. The topological polar surface area (TPSA) is 104 Å². The van der Waals surface area contributed by atoms with E-state index >= 15 is 0 Å². The fourth-order valence-corrected chi connectivity index (χ4v) is 6.97. The fraction of sp³-hybridized carbons (Fsp3) is 0.612. The molecule has 8 heteroatoms. The van der Waals surface area contributed by atoms with Gasteiger partial charge in [0.1, 0.15) is 0 Å². The zero-order valence-electron chi connectivity index (χ0n) is 37.6. The number of hydrogen-bond donors (Lipinski definition) is 1. The van der Waals surface area contributed by atoms with Gasteiger partial charge in [-0.3, -0.25) is 14.6 Å². The lowest BCUT2D eigenvalue weighted by Crippen LogP contribution is -2.31. The lowest BCUT2D eigenvalue weighted by Gasteiger charge is -2.30. The Morgan fingerprint density at radius 1 is 0.772 bits per heavy atom. The van der Waals surface area contributed by atoms with Crippen LogP contribution in [-0.2, 0) is 0 Å². The molecule has 318 valence electrons. The number of unbranched alkanes of at least 4 members (excludes halogenated alkanes) is 2. The van der Waals surface area contributed by atoms with Crippen molar-refractivity contribution in [2.24, 2.45) is 34.6 Å². The van der Waals surface area contributed by atoms with Crippen LogP contribution in [0.5, 0.6) is 23.0 Å². The number of ketones is 2. The summed E-state index contributed by atoms with van der Waals surface area (Å²) in [6.45, 7) is 23.6. The fourth-order valence-electron chi connectivity index (χ4n) is 6.97. The number of ether oxygens (including phenoxy) is 4. The Hall–Kier alpha value is -3.91. The molecule has 5 atom stereocenters. The molecule has 0 saturated carbocycles. The van der Waals surface area contributed by atoms with Crippen LogP contribution in [0.15, 0.2) is 52.6 Å². The van der Waals surface area contributed by atoms with Crippen molar-refractivity contribution in [2.45, 2.75) is 140 Å². The molecule has 2 aromatic rings. The number of aliphatic hydroxyl groups is 1. The number of rotatable bonds is 27. The summed E-state index contributed by atoms with van der Waals surface area (Å²) in [4.78, 5) is 30.8. The summed E-state index contributed by atoms with van der Waals surface area (Å²) in [5.41, 5.74) is 5.18. The van der Waals surface area contributed by atoms with Crippen molar-refractivity contribution < 1.29 is 33.6 Å². The minimum atomic E-state index is -0.404. The Labute approximate surface area is 345 Å². The molecule has 0 fully saturated rings. The van der Waals surface area contributed by atoms with E-state index in [0.29, 0.717) is 77.7 Å². The van der Waals surface area contributed by atoms with Crippen molar-refractivity contribution in [1.29, 1.82) is 0 Å². The van der Waals surface area contributed by atoms with Crippen LogP contribution in [0, 0.1) is 36.5 Å². The maximum absolute atomic E-state index is 13.4. The van der Waals surface area contributed by atoms with Gasteiger partial charge in [-0.2, -0.15) is 0 Å². The van der Waals surface area contributed by atoms with Crippen LogP contribution >= 0.6 is 0 Å². The number of benzene rings is 2. The van der Waals surface area contributed by atoms with E-state index in [9.17, 15) is 14.7 Å². The summed E-state index contributed by atoms with van der Waals surface area (Å²) in [7, 11) is 3.17. The van der Waals surface area contributed by atoms with Crippen molar-refractivity contribution >= 4 is 23.5 Å². The number of Topliss-reactive ketones (excluding diaryl/α,β-unsaturated/α-hetero) is 2. The van der Waals surface area contributed by atoms with E-state index in [1.165, 1.54) is 11.1 Å². The summed E-state index contributed by atoms with van der Waals surface area (Å²) in [5, 5.41) is 11.2. The van der Waals surface area contributed by atoms with Crippen LogP contribution in [0.4, 0.5) is 5.69 Å². The first-order chi connectivity index (χ1) is 27.1. The van der Waals surface area contributed by atoms with Crippen LogP contribution < -0.4 is 18.9 Å². The third-order valence-corrected chi connectivity index (χ3v) is 11.7. The van der Waals surface area contributed by atoms with Gasteiger partial charge in [-0.05, 0) is 134 Å². The zero-order chi connectivity index (χ0) is 42.7.